The zero-order valence-electron chi connectivity index (χ0n) is 8.16. The van der Waals surface area contributed by atoms with Crippen molar-refractivity contribution in [3.63, 3.8) is 0 Å². The average Bonchev–Trinajstić information content (AvgIpc) is 2.03. The number of hydrogen-bond acceptors (Lipinski definition) is 2. The van der Waals surface area contributed by atoms with Gasteiger partial charge >= 0.3 is 0 Å². The molecule has 70 valence electrons. The molecule has 0 unspecified atom stereocenters. The molecular weight excluding hydrogens is 180 g/mol. The van der Waals surface area contributed by atoms with Gasteiger partial charge in [0.2, 0.25) is 8.32 Å². The third-order valence-corrected chi connectivity index (χ3v) is 3.70. The summed E-state index contributed by atoms with van der Waals surface area (Å²) in [5, 5.41) is 0.903. The zero-order valence-corrected chi connectivity index (χ0v) is 9.16. The van der Waals surface area contributed by atoms with Gasteiger partial charge in [-0.15, -0.1) is 0 Å². The topological polar surface area (TPSA) is 37.3 Å². The van der Waals surface area contributed by atoms with Crippen molar-refractivity contribution in [1.29, 1.82) is 0 Å². The summed E-state index contributed by atoms with van der Waals surface area (Å²) in [6.45, 7) is 5.21. The van der Waals surface area contributed by atoms with E-state index in [0.717, 1.165) is 5.19 Å². The Balaban J connectivity index is 3.13. The quantitative estimate of drug-likeness (QED) is 0.569. The van der Waals surface area contributed by atoms with E-state index in [1.807, 2.05) is 25.2 Å². The highest BCUT2D eigenvalue weighted by Gasteiger charge is 2.20. The molecule has 0 heterocycles. The van der Waals surface area contributed by atoms with E-state index >= 15 is 0 Å². The maximum atomic E-state index is 11.1. The van der Waals surface area contributed by atoms with E-state index in [4.69, 9.17) is 0 Å². The van der Waals surface area contributed by atoms with Gasteiger partial charge in [0.25, 0.3) is 0 Å². The molecule has 0 amide bonds. The van der Waals surface area contributed by atoms with Gasteiger partial charge in [0, 0.05) is 5.56 Å². The summed E-state index contributed by atoms with van der Waals surface area (Å²) in [5.74, 6) is 0.0418. The van der Waals surface area contributed by atoms with Crippen molar-refractivity contribution in [2.75, 3.05) is 0 Å². The molecular formula is C10H14O2Si. The Kier molecular flexibility index (Phi) is 2.68. The van der Waals surface area contributed by atoms with Gasteiger partial charge in [0.05, 0.1) is 0 Å². The lowest BCUT2D eigenvalue weighted by Crippen LogP contribution is -2.41. The van der Waals surface area contributed by atoms with Crippen molar-refractivity contribution in [3.8, 4) is 0 Å². The average molecular weight is 194 g/mol. The van der Waals surface area contributed by atoms with Crippen LogP contribution in [-0.2, 0) is 0 Å². The lowest BCUT2D eigenvalue weighted by molar-refractivity contribution is 0.101. The summed E-state index contributed by atoms with van der Waals surface area (Å²) >= 11 is 0. The Morgan fingerprint density at radius 3 is 2.46 bits per heavy atom. The van der Waals surface area contributed by atoms with Crippen molar-refractivity contribution >= 4 is 19.3 Å². The minimum absolute atomic E-state index is 0.0418. The van der Waals surface area contributed by atoms with Crippen LogP contribution in [0.3, 0.4) is 0 Å². The Hall–Kier alpha value is -0.933. The maximum Gasteiger partial charge on any atom is 0.213 e. The molecule has 0 radical (unpaired) electrons. The fourth-order valence-electron chi connectivity index (χ4n) is 1.12. The predicted octanol–water partition coefficient (Wildman–Crippen LogP) is 1.29. The standard InChI is InChI=1S/C10H14O2Si/c1-8(11)9-5-4-6-10(7-9)13(2,3)12/h4-7,12H,1-3H3. The molecule has 3 heteroatoms. The molecule has 0 aliphatic rings. The number of Topliss-reactive ketones (excluding diaryl/α,β-unsaturated/α-hetero) is 1. The minimum atomic E-state index is -2.26. The van der Waals surface area contributed by atoms with Gasteiger partial charge in [-0.3, -0.25) is 4.79 Å². The first kappa shape index (κ1) is 10.1. The van der Waals surface area contributed by atoms with Crippen LogP contribution in [0.2, 0.25) is 13.1 Å². The summed E-state index contributed by atoms with van der Waals surface area (Å²) in [7, 11) is -2.26. The number of carbonyl (C=O) groups excluding carboxylic acids is 1. The number of carbonyl (C=O) groups is 1. The molecule has 0 saturated heterocycles. The molecule has 0 aliphatic carbocycles. The first-order valence-electron chi connectivity index (χ1n) is 4.25. The van der Waals surface area contributed by atoms with Crippen molar-refractivity contribution < 1.29 is 9.59 Å². The first-order valence-corrected chi connectivity index (χ1v) is 7.20. The summed E-state index contributed by atoms with van der Waals surface area (Å²) in [5.41, 5.74) is 0.673. The van der Waals surface area contributed by atoms with E-state index in [-0.39, 0.29) is 5.78 Å². The molecule has 2 nitrogen and oxygen atoms in total. The Bertz CT molecular complexity index is 326. The fourth-order valence-corrected chi connectivity index (χ4v) is 2.13. The number of hydrogen-bond donors (Lipinski definition) is 1. The molecule has 0 aromatic heterocycles. The maximum absolute atomic E-state index is 11.1. The molecule has 1 aromatic rings. The van der Waals surface area contributed by atoms with E-state index in [1.54, 1.807) is 12.1 Å². The zero-order chi connectivity index (χ0) is 10.1. The van der Waals surface area contributed by atoms with Crippen LogP contribution in [0.1, 0.15) is 17.3 Å². The lowest BCUT2D eigenvalue weighted by atomic mass is 10.2. The summed E-state index contributed by atoms with van der Waals surface area (Å²) in [4.78, 5) is 20.9. The Morgan fingerprint density at radius 1 is 1.38 bits per heavy atom. The third-order valence-electron chi connectivity index (χ3n) is 1.98. The van der Waals surface area contributed by atoms with E-state index in [2.05, 4.69) is 0 Å². The van der Waals surface area contributed by atoms with Crippen LogP contribution >= 0.6 is 0 Å². The molecule has 1 aromatic carbocycles. The highest BCUT2D eigenvalue weighted by atomic mass is 28.4. The highest BCUT2D eigenvalue weighted by Crippen LogP contribution is 2.03. The molecule has 0 fully saturated rings. The van der Waals surface area contributed by atoms with Crippen LogP contribution in [-0.4, -0.2) is 18.9 Å². The van der Waals surface area contributed by atoms with Crippen molar-refractivity contribution in [3.05, 3.63) is 29.8 Å². The van der Waals surface area contributed by atoms with Gasteiger partial charge < -0.3 is 4.80 Å². The van der Waals surface area contributed by atoms with Crippen LogP contribution in [0, 0.1) is 0 Å². The molecule has 13 heavy (non-hydrogen) atoms. The van der Waals surface area contributed by atoms with Crippen molar-refractivity contribution in [1.82, 2.24) is 0 Å². The minimum Gasteiger partial charge on any atom is -0.428 e. The van der Waals surface area contributed by atoms with Gasteiger partial charge in [-0.25, -0.2) is 0 Å². The van der Waals surface area contributed by atoms with E-state index in [0.29, 0.717) is 5.56 Å². The summed E-state index contributed by atoms with van der Waals surface area (Å²) in [6.07, 6.45) is 0. The number of ketones is 1. The van der Waals surface area contributed by atoms with E-state index < -0.39 is 8.32 Å². The summed E-state index contributed by atoms with van der Waals surface area (Å²) in [6, 6.07) is 7.25. The second-order valence-corrected chi connectivity index (χ2v) is 7.39. The highest BCUT2D eigenvalue weighted by molar-refractivity contribution is 6.83. The van der Waals surface area contributed by atoms with Gasteiger partial charge in [0.15, 0.2) is 5.78 Å². The normalized spacial score (nSPS) is 11.4. The van der Waals surface area contributed by atoms with Crippen LogP contribution in [0.25, 0.3) is 0 Å². The third kappa shape index (κ3) is 2.50. The molecule has 0 spiro atoms. The van der Waals surface area contributed by atoms with Gasteiger partial charge in [-0.2, -0.15) is 0 Å². The molecule has 0 saturated carbocycles. The smallest absolute Gasteiger partial charge is 0.213 e. The summed E-state index contributed by atoms with van der Waals surface area (Å²) < 4.78 is 0. The van der Waals surface area contributed by atoms with E-state index in [1.165, 1.54) is 6.92 Å². The van der Waals surface area contributed by atoms with Crippen molar-refractivity contribution in [2.45, 2.75) is 20.0 Å². The van der Waals surface area contributed by atoms with Crippen LogP contribution in [0.15, 0.2) is 24.3 Å². The molecule has 1 rings (SSSR count). The first-order chi connectivity index (χ1) is 5.91. The van der Waals surface area contributed by atoms with E-state index in [9.17, 15) is 9.59 Å². The second-order valence-electron chi connectivity index (χ2n) is 3.70. The Morgan fingerprint density at radius 2 is 2.00 bits per heavy atom. The largest absolute Gasteiger partial charge is 0.428 e. The molecule has 0 aliphatic heterocycles. The van der Waals surface area contributed by atoms with Gasteiger partial charge in [0.1, 0.15) is 0 Å². The monoisotopic (exact) mass is 194 g/mol. The van der Waals surface area contributed by atoms with Crippen molar-refractivity contribution in [2.24, 2.45) is 0 Å². The van der Waals surface area contributed by atoms with Crippen LogP contribution < -0.4 is 5.19 Å². The SMILES string of the molecule is CC(=O)c1cccc([Si](C)(C)O)c1. The van der Waals surface area contributed by atoms with Crippen LogP contribution in [0.5, 0.6) is 0 Å². The Labute approximate surface area is 79.4 Å². The number of benzene rings is 1. The lowest BCUT2D eigenvalue weighted by Gasteiger charge is -2.14. The second kappa shape index (κ2) is 3.44. The predicted molar refractivity (Wildman–Crippen MR) is 55.8 cm³/mol. The number of rotatable bonds is 2. The fraction of sp³-hybridized carbons (Fsp3) is 0.300. The van der Waals surface area contributed by atoms with Crippen LogP contribution in [0.4, 0.5) is 0 Å². The van der Waals surface area contributed by atoms with Gasteiger partial charge in [-0.05, 0) is 31.3 Å². The molecule has 1 N–H and O–H groups in total. The molecule has 0 atom stereocenters. The molecule has 0 bridgehead atoms. The van der Waals surface area contributed by atoms with Gasteiger partial charge in [-0.1, -0.05) is 18.2 Å².